The summed E-state index contributed by atoms with van der Waals surface area (Å²) in [5.41, 5.74) is 0.573. The van der Waals surface area contributed by atoms with Crippen LogP contribution >= 0.6 is 0 Å². The zero-order valence-corrected chi connectivity index (χ0v) is 9.02. The molecule has 1 aromatic carbocycles. The summed E-state index contributed by atoms with van der Waals surface area (Å²) in [6, 6.07) is 3.52. The first kappa shape index (κ1) is 12.4. The number of benzene rings is 1. The minimum atomic E-state index is -0.703. The van der Waals surface area contributed by atoms with E-state index in [4.69, 9.17) is 0 Å². The van der Waals surface area contributed by atoms with Crippen LogP contribution in [0.15, 0.2) is 30.4 Å². The second-order valence-electron chi connectivity index (χ2n) is 3.61. The summed E-state index contributed by atoms with van der Waals surface area (Å²) in [5.74, 6) is -1.83. The average molecular weight is 225 g/mol. The Labute approximate surface area is 93.0 Å². The molecule has 0 saturated carbocycles. The molecule has 0 radical (unpaired) electrons. The van der Waals surface area contributed by atoms with Crippen molar-refractivity contribution in [3.05, 3.63) is 47.5 Å². The van der Waals surface area contributed by atoms with Gasteiger partial charge in [0.2, 0.25) is 5.91 Å². The molecule has 0 unspecified atom stereocenters. The lowest BCUT2D eigenvalue weighted by molar-refractivity contribution is -0.120. The van der Waals surface area contributed by atoms with E-state index in [1.54, 1.807) is 6.92 Å². The maximum atomic E-state index is 13.2. The molecule has 0 bridgehead atoms. The summed E-state index contributed by atoms with van der Waals surface area (Å²) >= 11 is 0. The van der Waals surface area contributed by atoms with Crippen molar-refractivity contribution in [1.29, 1.82) is 0 Å². The van der Waals surface area contributed by atoms with Crippen molar-refractivity contribution >= 4 is 5.91 Å². The summed E-state index contributed by atoms with van der Waals surface area (Å²) in [7, 11) is 0. The first-order valence-electron chi connectivity index (χ1n) is 4.84. The van der Waals surface area contributed by atoms with Crippen LogP contribution in [0.4, 0.5) is 8.78 Å². The van der Waals surface area contributed by atoms with Crippen LogP contribution in [0.25, 0.3) is 0 Å². The van der Waals surface area contributed by atoms with Crippen LogP contribution in [-0.2, 0) is 11.2 Å². The third-order valence-corrected chi connectivity index (χ3v) is 1.99. The second-order valence-corrected chi connectivity index (χ2v) is 3.61. The highest BCUT2D eigenvalue weighted by atomic mass is 19.1. The molecular weight excluding hydrogens is 212 g/mol. The number of nitrogens with one attached hydrogen (secondary N) is 1. The van der Waals surface area contributed by atoms with Gasteiger partial charge in [-0.3, -0.25) is 4.79 Å². The van der Waals surface area contributed by atoms with Crippen molar-refractivity contribution in [2.75, 3.05) is 6.54 Å². The Balaban J connectivity index is 2.66. The Morgan fingerprint density at radius 3 is 2.44 bits per heavy atom. The van der Waals surface area contributed by atoms with Gasteiger partial charge < -0.3 is 5.32 Å². The summed E-state index contributed by atoms with van der Waals surface area (Å²) < 4.78 is 26.3. The number of hydrogen-bond acceptors (Lipinski definition) is 1. The van der Waals surface area contributed by atoms with E-state index < -0.39 is 17.5 Å². The van der Waals surface area contributed by atoms with Gasteiger partial charge in [-0.1, -0.05) is 18.2 Å². The van der Waals surface area contributed by atoms with E-state index in [1.807, 2.05) is 0 Å². The van der Waals surface area contributed by atoms with E-state index in [-0.39, 0.29) is 12.0 Å². The maximum absolute atomic E-state index is 13.2. The van der Waals surface area contributed by atoms with Gasteiger partial charge in [-0.15, -0.1) is 0 Å². The molecule has 0 fully saturated rings. The molecule has 86 valence electrons. The van der Waals surface area contributed by atoms with E-state index in [0.717, 1.165) is 17.7 Å². The summed E-state index contributed by atoms with van der Waals surface area (Å²) in [5, 5.41) is 2.51. The second kappa shape index (κ2) is 5.39. The molecule has 0 atom stereocenters. The molecule has 0 aliphatic heterocycles. The van der Waals surface area contributed by atoms with Gasteiger partial charge in [0.1, 0.15) is 11.6 Å². The van der Waals surface area contributed by atoms with Crippen LogP contribution in [0.2, 0.25) is 0 Å². The van der Waals surface area contributed by atoms with Gasteiger partial charge in [0.15, 0.2) is 0 Å². The SMILES string of the molecule is C=C(C)CNC(=O)Cc1c(F)cccc1F. The number of carbonyl (C=O) groups excluding carboxylic acids is 1. The summed E-state index contributed by atoms with van der Waals surface area (Å²) in [4.78, 5) is 11.3. The first-order valence-corrected chi connectivity index (χ1v) is 4.84. The monoisotopic (exact) mass is 225 g/mol. The van der Waals surface area contributed by atoms with Crippen molar-refractivity contribution in [2.24, 2.45) is 0 Å². The van der Waals surface area contributed by atoms with E-state index in [9.17, 15) is 13.6 Å². The molecule has 0 aliphatic carbocycles. The Kier molecular flexibility index (Phi) is 4.17. The van der Waals surface area contributed by atoms with Gasteiger partial charge in [0, 0.05) is 12.1 Å². The Morgan fingerprint density at radius 1 is 1.38 bits per heavy atom. The molecule has 1 rings (SSSR count). The van der Waals surface area contributed by atoms with Crippen molar-refractivity contribution < 1.29 is 13.6 Å². The maximum Gasteiger partial charge on any atom is 0.224 e. The highest BCUT2D eigenvalue weighted by molar-refractivity contribution is 5.78. The standard InChI is InChI=1S/C12H13F2NO/c1-8(2)7-15-12(16)6-9-10(13)4-3-5-11(9)14/h3-5H,1,6-7H2,2H3,(H,15,16). The average Bonchev–Trinajstić information content (AvgIpc) is 2.21. The quantitative estimate of drug-likeness (QED) is 0.782. The molecule has 0 aliphatic rings. The molecule has 2 nitrogen and oxygen atoms in total. The Morgan fingerprint density at radius 2 is 1.94 bits per heavy atom. The lowest BCUT2D eigenvalue weighted by Crippen LogP contribution is -2.27. The fraction of sp³-hybridized carbons (Fsp3) is 0.250. The molecule has 4 heteroatoms. The summed E-state index contributed by atoms with van der Waals surface area (Å²) in [6.45, 7) is 5.67. The first-order chi connectivity index (χ1) is 7.50. The van der Waals surface area contributed by atoms with Crippen LogP contribution < -0.4 is 5.32 Å². The van der Waals surface area contributed by atoms with Gasteiger partial charge >= 0.3 is 0 Å². The fourth-order valence-electron chi connectivity index (χ4n) is 1.17. The van der Waals surface area contributed by atoms with Gasteiger partial charge in [0.05, 0.1) is 6.42 Å². The Bertz CT molecular complexity index is 395. The zero-order valence-electron chi connectivity index (χ0n) is 9.02. The predicted molar refractivity (Wildman–Crippen MR) is 57.9 cm³/mol. The van der Waals surface area contributed by atoms with Gasteiger partial charge in [-0.05, 0) is 19.1 Å². The number of carbonyl (C=O) groups is 1. The predicted octanol–water partition coefficient (Wildman–Crippen LogP) is 2.20. The van der Waals surface area contributed by atoms with Crippen molar-refractivity contribution in [1.82, 2.24) is 5.32 Å². The molecule has 1 amide bonds. The van der Waals surface area contributed by atoms with Gasteiger partial charge in [-0.2, -0.15) is 0 Å². The fourth-order valence-corrected chi connectivity index (χ4v) is 1.17. The highest BCUT2D eigenvalue weighted by Crippen LogP contribution is 2.12. The van der Waals surface area contributed by atoms with Crippen LogP contribution in [0.1, 0.15) is 12.5 Å². The molecule has 16 heavy (non-hydrogen) atoms. The topological polar surface area (TPSA) is 29.1 Å². The van der Waals surface area contributed by atoms with Crippen molar-refractivity contribution in [3.63, 3.8) is 0 Å². The molecule has 0 saturated heterocycles. The van der Waals surface area contributed by atoms with Crippen LogP contribution in [0.5, 0.6) is 0 Å². The van der Waals surface area contributed by atoms with Gasteiger partial charge in [0.25, 0.3) is 0 Å². The normalized spacial score (nSPS) is 9.94. The molecular formula is C12H13F2NO. The minimum Gasteiger partial charge on any atom is -0.352 e. The number of halogens is 2. The van der Waals surface area contributed by atoms with Crippen LogP contribution in [0.3, 0.4) is 0 Å². The van der Waals surface area contributed by atoms with Crippen molar-refractivity contribution in [3.8, 4) is 0 Å². The lowest BCUT2D eigenvalue weighted by atomic mass is 10.1. The molecule has 0 heterocycles. The van der Waals surface area contributed by atoms with Crippen LogP contribution in [-0.4, -0.2) is 12.5 Å². The lowest BCUT2D eigenvalue weighted by Gasteiger charge is -2.06. The number of amides is 1. The molecule has 0 spiro atoms. The van der Waals surface area contributed by atoms with Crippen LogP contribution in [0, 0.1) is 11.6 Å². The third-order valence-electron chi connectivity index (χ3n) is 1.99. The Hall–Kier alpha value is -1.71. The van der Waals surface area contributed by atoms with Crippen molar-refractivity contribution in [2.45, 2.75) is 13.3 Å². The molecule has 1 aromatic rings. The highest BCUT2D eigenvalue weighted by Gasteiger charge is 2.12. The number of rotatable bonds is 4. The molecule has 1 N–H and O–H groups in total. The zero-order chi connectivity index (χ0) is 12.1. The number of hydrogen-bond donors (Lipinski definition) is 1. The van der Waals surface area contributed by atoms with Gasteiger partial charge in [-0.25, -0.2) is 8.78 Å². The van der Waals surface area contributed by atoms with E-state index in [2.05, 4.69) is 11.9 Å². The van der Waals surface area contributed by atoms with E-state index in [1.165, 1.54) is 6.07 Å². The minimum absolute atomic E-state index is 0.207. The third kappa shape index (κ3) is 3.46. The molecule has 0 aromatic heterocycles. The summed E-state index contributed by atoms with van der Waals surface area (Å²) in [6.07, 6.45) is -0.300. The smallest absolute Gasteiger partial charge is 0.224 e. The van der Waals surface area contributed by atoms with E-state index in [0.29, 0.717) is 6.54 Å². The van der Waals surface area contributed by atoms with E-state index >= 15 is 0 Å². The largest absolute Gasteiger partial charge is 0.352 e.